The molecular formula is C7H9NOS. The van der Waals surface area contributed by atoms with Gasteiger partial charge in [0.25, 0.3) is 0 Å². The quantitative estimate of drug-likeness (QED) is 0.604. The molecule has 0 radical (unpaired) electrons. The summed E-state index contributed by atoms with van der Waals surface area (Å²) in [7, 11) is 1.77. The molecule has 0 saturated carbocycles. The maximum atomic E-state index is 10.8. The first-order chi connectivity index (χ1) is 4.72. The summed E-state index contributed by atoms with van der Waals surface area (Å²) in [5.74, 6) is 0.0680. The van der Waals surface area contributed by atoms with E-state index in [-0.39, 0.29) is 5.91 Å². The van der Waals surface area contributed by atoms with Crippen LogP contribution in [0.2, 0.25) is 0 Å². The minimum atomic E-state index is 0.0680. The van der Waals surface area contributed by atoms with Crippen molar-refractivity contribution in [1.29, 1.82) is 0 Å². The molecule has 1 heterocycles. The van der Waals surface area contributed by atoms with Crippen molar-refractivity contribution in [2.75, 3.05) is 11.9 Å². The third-order valence-electron chi connectivity index (χ3n) is 1.37. The van der Waals surface area contributed by atoms with Gasteiger partial charge in [-0.25, -0.2) is 0 Å². The summed E-state index contributed by atoms with van der Waals surface area (Å²) in [6.45, 7) is 1.55. The van der Waals surface area contributed by atoms with Crippen molar-refractivity contribution in [2.45, 2.75) is 6.92 Å². The molecule has 0 aromatic carbocycles. The van der Waals surface area contributed by atoms with Crippen LogP contribution in [0.1, 0.15) is 6.92 Å². The van der Waals surface area contributed by atoms with Gasteiger partial charge in [-0.3, -0.25) is 4.79 Å². The van der Waals surface area contributed by atoms with Gasteiger partial charge in [0.2, 0.25) is 5.91 Å². The van der Waals surface area contributed by atoms with E-state index in [0.29, 0.717) is 0 Å². The number of amides is 1. The van der Waals surface area contributed by atoms with Gasteiger partial charge in [-0.05, 0) is 11.4 Å². The van der Waals surface area contributed by atoms with Crippen LogP contribution in [-0.4, -0.2) is 13.0 Å². The monoisotopic (exact) mass is 155 g/mol. The Kier molecular flexibility index (Phi) is 2.06. The summed E-state index contributed by atoms with van der Waals surface area (Å²) in [6.07, 6.45) is 0. The van der Waals surface area contributed by atoms with Crippen LogP contribution in [-0.2, 0) is 4.79 Å². The van der Waals surface area contributed by atoms with Gasteiger partial charge in [0, 0.05) is 19.4 Å². The van der Waals surface area contributed by atoms with Crippen LogP contribution < -0.4 is 4.90 Å². The first-order valence-corrected chi connectivity index (χ1v) is 3.92. The molecule has 0 N–H and O–H groups in total. The summed E-state index contributed by atoms with van der Waals surface area (Å²) >= 11 is 1.59. The van der Waals surface area contributed by atoms with Crippen molar-refractivity contribution in [1.82, 2.24) is 0 Å². The summed E-state index contributed by atoms with van der Waals surface area (Å²) < 4.78 is 0. The topological polar surface area (TPSA) is 20.3 Å². The lowest BCUT2D eigenvalue weighted by Crippen LogP contribution is -2.21. The van der Waals surface area contributed by atoms with Crippen molar-refractivity contribution in [2.24, 2.45) is 0 Å². The summed E-state index contributed by atoms with van der Waals surface area (Å²) in [5, 5.41) is 3.90. The van der Waals surface area contributed by atoms with Crippen LogP contribution in [0, 0.1) is 0 Å². The molecule has 2 nitrogen and oxygen atoms in total. The fraction of sp³-hybridized carbons (Fsp3) is 0.286. The van der Waals surface area contributed by atoms with E-state index in [9.17, 15) is 4.79 Å². The summed E-state index contributed by atoms with van der Waals surface area (Å²) in [4.78, 5) is 12.4. The fourth-order valence-electron chi connectivity index (χ4n) is 0.630. The second-order valence-corrected chi connectivity index (χ2v) is 2.84. The van der Waals surface area contributed by atoms with Gasteiger partial charge >= 0.3 is 0 Å². The molecule has 3 heteroatoms. The molecular weight excluding hydrogens is 146 g/mol. The van der Waals surface area contributed by atoms with E-state index in [1.54, 1.807) is 30.2 Å². The minimum Gasteiger partial charge on any atom is -0.315 e. The normalized spacial score (nSPS) is 9.40. The predicted octanol–water partition coefficient (Wildman–Crippen LogP) is 1.73. The standard InChI is InChI=1S/C7H9NOS/c1-6(9)8(2)7-3-4-10-5-7/h3-5H,1-2H3. The van der Waals surface area contributed by atoms with Crippen molar-refractivity contribution in [3.05, 3.63) is 16.8 Å². The predicted molar refractivity (Wildman–Crippen MR) is 43.4 cm³/mol. The van der Waals surface area contributed by atoms with E-state index < -0.39 is 0 Å². The SMILES string of the molecule is CC(=O)N(C)c1ccsc1. The molecule has 1 rings (SSSR count). The Hall–Kier alpha value is -0.830. The lowest BCUT2D eigenvalue weighted by Gasteiger charge is -2.11. The van der Waals surface area contributed by atoms with Crippen LogP contribution in [0.5, 0.6) is 0 Å². The van der Waals surface area contributed by atoms with Crippen LogP contribution >= 0.6 is 11.3 Å². The number of nitrogens with zero attached hydrogens (tertiary/aromatic N) is 1. The molecule has 0 aliphatic rings. The second-order valence-electron chi connectivity index (χ2n) is 2.06. The number of carbonyl (C=O) groups is 1. The number of carbonyl (C=O) groups excluding carboxylic acids is 1. The number of thiophene rings is 1. The Morgan fingerprint density at radius 1 is 1.70 bits per heavy atom. The van der Waals surface area contributed by atoms with Crippen LogP contribution in [0.15, 0.2) is 16.8 Å². The molecule has 54 valence electrons. The maximum absolute atomic E-state index is 10.8. The lowest BCUT2D eigenvalue weighted by molar-refractivity contribution is -0.116. The zero-order valence-electron chi connectivity index (χ0n) is 6.00. The fourth-order valence-corrected chi connectivity index (χ4v) is 1.30. The number of hydrogen-bond acceptors (Lipinski definition) is 2. The van der Waals surface area contributed by atoms with Crippen LogP contribution in [0.4, 0.5) is 5.69 Å². The highest BCUT2D eigenvalue weighted by atomic mass is 32.1. The number of rotatable bonds is 1. The molecule has 0 bridgehead atoms. The largest absolute Gasteiger partial charge is 0.315 e. The van der Waals surface area contributed by atoms with Gasteiger partial charge in [0.15, 0.2) is 0 Å². The summed E-state index contributed by atoms with van der Waals surface area (Å²) in [6, 6.07) is 1.92. The van der Waals surface area contributed by atoms with Gasteiger partial charge < -0.3 is 4.90 Å². The van der Waals surface area contributed by atoms with Gasteiger partial charge in [0.1, 0.15) is 0 Å². The van der Waals surface area contributed by atoms with Crippen LogP contribution in [0.25, 0.3) is 0 Å². The maximum Gasteiger partial charge on any atom is 0.223 e. The van der Waals surface area contributed by atoms with Gasteiger partial charge in [-0.2, -0.15) is 11.3 Å². The molecule has 0 fully saturated rings. The average molecular weight is 155 g/mol. The highest BCUT2D eigenvalue weighted by Gasteiger charge is 2.03. The van der Waals surface area contributed by atoms with Crippen molar-refractivity contribution in [3.63, 3.8) is 0 Å². The second kappa shape index (κ2) is 2.84. The van der Waals surface area contributed by atoms with Crippen molar-refractivity contribution in [3.8, 4) is 0 Å². The molecule has 10 heavy (non-hydrogen) atoms. The average Bonchev–Trinajstić information content (AvgIpc) is 2.36. The third kappa shape index (κ3) is 1.36. The van der Waals surface area contributed by atoms with Gasteiger partial charge in [-0.15, -0.1) is 0 Å². The van der Waals surface area contributed by atoms with E-state index in [0.717, 1.165) is 5.69 Å². The number of hydrogen-bond donors (Lipinski definition) is 0. The van der Waals surface area contributed by atoms with Gasteiger partial charge in [-0.1, -0.05) is 0 Å². The Balaban J connectivity index is 2.77. The minimum absolute atomic E-state index is 0.0680. The Bertz CT molecular complexity index is 218. The molecule has 1 aromatic rings. The first kappa shape index (κ1) is 7.28. The van der Waals surface area contributed by atoms with E-state index in [1.165, 1.54) is 0 Å². The van der Waals surface area contributed by atoms with Gasteiger partial charge in [0.05, 0.1) is 5.69 Å². The molecule has 0 saturated heterocycles. The molecule has 0 aliphatic heterocycles. The molecule has 0 unspecified atom stereocenters. The Morgan fingerprint density at radius 3 is 2.80 bits per heavy atom. The highest BCUT2D eigenvalue weighted by Crippen LogP contribution is 2.15. The molecule has 0 aliphatic carbocycles. The van der Waals surface area contributed by atoms with E-state index >= 15 is 0 Å². The van der Waals surface area contributed by atoms with Crippen molar-refractivity contribution >= 4 is 22.9 Å². The van der Waals surface area contributed by atoms with E-state index in [1.807, 2.05) is 16.8 Å². The van der Waals surface area contributed by atoms with Crippen molar-refractivity contribution < 1.29 is 4.79 Å². The smallest absolute Gasteiger partial charge is 0.223 e. The van der Waals surface area contributed by atoms with E-state index in [2.05, 4.69) is 0 Å². The number of anilines is 1. The third-order valence-corrected chi connectivity index (χ3v) is 2.04. The molecule has 1 aromatic heterocycles. The van der Waals surface area contributed by atoms with Crippen LogP contribution in [0.3, 0.4) is 0 Å². The molecule has 0 atom stereocenters. The zero-order chi connectivity index (χ0) is 7.56. The molecule has 1 amide bonds. The Morgan fingerprint density at radius 2 is 2.40 bits per heavy atom. The zero-order valence-corrected chi connectivity index (χ0v) is 6.81. The summed E-state index contributed by atoms with van der Waals surface area (Å²) in [5.41, 5.74) is 0.970. The lowest BCUT2D eigenvalue weighted by atomic mass is 10.4. The molecule has 0 spiro atoms. The highest BCUT2D eigenvalue weighted by molar-refractivity contribution is 7.08. The van der Waals surface area contributed by atoms with E-state index in [4.69, 9.17) is 0 Å². The Labute approximate surface area is 64.1 Å². The first-order valence-electron chi connectivity index (χ1n) is 2.98.